The van der Waals surface area contributed by atoms with Crippen LogP contribution in [-0.4, -0.2) is 27.9 Å². The molecule has 1 unspecified atom stereocenters. The smallest absolute Gasteiger partial charge is 0.300 e. The maximum atomic E-state index is 10.5. The van der Waals surface area contributed by atoms with Gasteiger partial charge >= 0.3 is 5.88 Å². The Morgan fingerprint density at radius 2 is 2.15 bits per heavy atom. The van der Waals surface area contributed by atoms with Gasteiger partial charge in [0.1, 0.15) is 6.10 Å². The van der Waals surface area contributed by atoms with Crippen LogP contribution in [0, 0.1) is 10.1 Å². The average Bonchev–Trinajstić information content (AvgIpc) is 2.82. The number of nitrogen functional groups attached to an aromatic ring is 1. The maximum Gasteiger partial charge on any atom is 0.300 e. The van der Waals surface area contributed by atoms with Crippen LogP contribution < -0.4 is 15.8 Å². The first-order valence-corrected chi connectivity index (χ1v) is 5.79. The second-order valence-corrected chi connectivity index (χ2v) is 4.07. The van der Waals surface area contributed by atoms with Crippen LogP contribution in [0.1, 0.15) is 6.92 Å². The summed E-state index contributed by atoms with van der Waals surface area (Å²) in [5, 5.41) is 20.5. The third kappa shape index (κ3) is 3.34. The molecule has 0 aliphatic heterocycles. The van der Waals surface area contributed by atoms with Crippen molar-refractivity contribution in [2.75, 3.05) is 17.6 Å². The van der Waals surface area contributed by atoms with Gasteiger partial charge in [0.15, 0.2) is 0 Å². The average molecular weight is 279 g/mol. The third-order valence-electron chi connectivity index (χ3n) is 2.47. The highest BCUT2D eigenvalue weighted by Crippen LogP contribution is 2.17. The monoisotopic (exact) mass is 279 g/mol. The number of nitrogens with zero attached hydrogens (tertiary/aromatic N) is 3. The minimum atomic E-state index is -0.449. The molecule has 0 radical (unpaired) electrons. The second-order valence-electron chi connectivity index (χ2n) is 4.07. The molecule has 2 aromatic rings. The Morgan fingerprint density at radius 1 is 1.45 bits per heavy atom. The molecule has 2 rings (SSSR count). The molecule has 20 heavy (non-hydrogen) atoms. The van der Waals surface area contributed by atoms with Gasteiger partial charge in [-0.05, 0) is 29.4 Å². The number of non-ortho nitro benzene ring substituents is 1. The predicted octanol–water partition coefficient (Wildman–Crippen LogP) is 1.44. The molecule has 0 bridgehead atoms. The largest absolute Gasteiger partial charge is 0.468 e. The van der Waals surface area contributed by atoms with E-state index in [4.69, 9.17) is 10.5 Å². The summed E-state index contributed by atoms with van der Waals surface area (Å²) in [6.07, 6.45) is -0.237. The van der Waals surface area contributed by atoms with E-state index in [0.29, 0.717) is 6.54 Å². The zero-order chi connectivity index (χ0) is 14.5. The van der Waals surface area contributed by atoms with Gasteiger partial charge in [-0.15, -0.1) is 0 Å². The van der Waals surface area contributed by atoms with Gasteiger partial charge in [0.2, 0.25) is 5.82 Å². The number of ether oxygens (including phenoxy) is 1. The number of nitrogens with two attached hydrogens (primary N) is 1. The molecule has 1 aromatic carbocycles. The van der Waals surface area contributed by atoms with Crippen LogP contribution in [0.2, 0.25) is 0 Å². The molecule has 0 aliphatic rings. The molecule has 0 spiro atoms. The molecular formula is C11H13N5O4. The van der Waals surface area contributed by atoms with Crippen LogP contribution in [-0.2, 0) is 0 Å². The molecule has 1 heterocycles. The molecule has 1 aromatic heterocycles. The van der Waals surface area contributed by atoms with Crippen molar-refractivity contribution in [1.29, 1.82) is 0 Å². The number of rotatable bonds is 6. The minimum Gasteiger partial charge on any atom is -0.468 e. The Labute approximate surface area is 113 Å². The topological polar surface area (TPSA) is 129 Å². The number of aromatic nitrogens is 2. The van der Waals surface area contributed by atoms with Gasteiger partial charge in [-0.2, -0.15) is 0 Å². The second kappa shape index (κ2) is 5.87. The summed E-state index contributed by atoms with van der Waals surface area (Å²) < 4.78 is 9.82. The summed E-state index contributed by atoms with van der Waals surface area (Å²) >= 11 is 0. The van der Waals surface area contributed by atoms with Gasteiger partial charge in [-0.25, -0.2) is 4.63 Å². The van der Waals surface area contributed by atoms with Gasteiger partial charge in [-0.3, -0.25) is 10.1 Å². The molecule has 9 nitrogen and oxygen atoms in total. The van der Waals surface area contributed by atoms with E-state index < -0.39 is 4.92 Å². The summed E-state index contributed by atoms with van der Waals surface area (Å²) in [5.74, 6) is 0.232. The van der Waals surface area contributed by atoms with Crippen molar-refractivity contribution >= 4 is 17.2 Å². The van der Waals surface area contributed by atoms with E-state index >= 15 is 0 Å². The lowest BCUT2D eigenvalue weighted by molar-refractivity contribution is -0.384. The lowest BCUT2D eigenvalue weighted by atomic mass is 10.2. The summed E-state index contributed by atoms with van der Waals surface area (Å²) in [4.78, 5) is 10.1. The normalized spacial score (nSPS) is 11.8. The number of anilines is 2. The highest BCUT2D eigenvalue weighted by molar-refractivity contribution is 5.48. The van der Waals surface area contributed by atoms with E-state index in [1.807, 2.05) is 6.92 Å². The van der Waals surface area contributed by atoms with Gasteiger partial charge in [0.05, 0.1) is 11.5 Å². The fourth-order valence-corrected chi connectivity index (χ4v) is 1.46. The number of nitro benzene ring substituents is 1. The Hall–Kier alpha value is -2.84. The van der Waals surface area contributed by atoms with Crippen molar-refractivity contribution in [2.24, 2.45) is 0 Å². The highest BCUT2D eigenvalue weighted by atomic mass is 16.6. The van der Waals surface area contributed by atoms with E-state index in [1.165, 1.54) is 12.1 Å². The lowest BCUT2D eigenvalue weighted by Gasteiger charge is -2.13. The third-order valence-corrected chi connectivity index (χ3v) is 2.47. The minimum absolute atomic E-state index is 0.0429. The van der Waals surface area contributed by atoms with Gasteiger partial charge in [-0.1, -0.05) is 0 Å². The number of hydrogen-bond donors (Lipinski definition) is 2. The number of nitro groups is 1. The summed E-state index contributed by atoms with van der Waals surface area (Å²) in [5.41, 5.74) is 6.25. The van der Waals surface area contributed by atoms with E-state index in [-0.39, 0.29) is 23.5 Å². The van der Waals surface area contributed by atoms with E-state index in [2.05, 4.69) is 20.3 Å². The summed E-state index contributed by atoms with van der Waals surface area (Å²) in [6.45, 7) is 2.27. The van der Waals surface area contributed by atoms with Gasteiger partial charge in [0, 0.05) is 17.8 Å². The van der Waals surface area contributed by atoms with Crippen molar-refractivity contribution in [2.45, 2.75) is 13.0 Å². The van der Waals surface area contributed by atoms with Crippen LogP contribution in [0.3, 0.4) is 0 Å². The number of nitrogens with one attached hydrogen (secondary N) is 1. The van der Waals surface area contributed by atoms with Crippen molar-refractivity contribution in [3.05, 3.63) is 34.4 Å². The van der Waals surface area contributed by atoms with Crippen molar-refractivity contribution in [3.8, 4) is 5.88 Å². The molecule has 9 heteroatoms. The van der Waals surface area contributed by atoms with Crippen molar-refractivity contribution < 1.29 is 14.3 Å². The fourth-order valence-electron chi connectivity index (χ4n) is 1.46. The molecule has 0 saturated heterocycles. The number of benzene rings is 1. The molecule has 3 N–H and O–H groups in total. The van der Waals surface area contributed by atoms with Gasteiger partial charge < -0.3 is 15.8 Å². The van der Waals surface area contributed by atoms with Crippen molar-refractivity contribution in [3.63, 3.8) is 0 Å². The van der Waals surface area contributed by atoms with Crippen molar-refractivity contribution in [1.82, 2.24) is 10.3 Å². The van der Waals surface area contributed by atoms with Crippen LogP contribution >= 0.6 is 0 Å². The van der Waals surface area contributed by atoms with Crippen LogP contribution in [0.25, 0.3) is 0 Å². The standard InChI is InChI=1S/C11H13N5O4/c1-7(19-11-10(12)14-20-15-11)6-13-8-2-4-9(5-3-8)16(17)18/h2-5,7,13H,6H2,1H3,(H2,12,14). The summed E-state index contributed by atoms with van der Waals surface area (Å²) in [6, 6.07) is 6.09. The zero-order valence-electron chi connectivity index (χ0n) is 10.6. The Balaban J connectivity index is 1.85. The predicted molar refractivity (Wildman–Crippen MR) is 70.4 cm³/mol. The first-order valence-electron chi connectivity index (χ1n) is 5.79. The quantitative estimate of drug-likeness (QED) is 0.600. The Kier molecular flexibility index (Phi) is 3.99. The molecule has 0 saturated carbocycles. The summed E-state index contributed by atoms with van der Waals surface area (Å²) in [7, 11) is 0. The first kappa shape index (κ1) is 13.6. The maximum absolute atomic E-state index is 10.5. The molecule has 1 atom stereocenters. The Morgan fingerprint density at radius 3 is 2.70 bits per heavy atom. The highest BCUT2D eigenvalue weighted by Gasteiger charge is 2.12. The van der Waals surface area contributed by atoms with E-state index in [9.17, 15) is 10.1 Å². The van der Waals surface area contributed by atoms with Gasteiger partial charge in [0.25, 0.3) is 5.69 Å². The molecule has 0 fully saturated rings. The number of hydrogen-bond acceptors (Lipinski definition) is 8. The van der Waals surface area contributed by atoms with Crippen LogP contribution in [0.4, 0.5) is 17.2 Å². The van der Waals surface area contributed by atoms with E-state index in [1.54, 1.807) is 12.1 Å². The SMILES string of the molecule is CC(CNc1ccc([N+](=O)[O-])cc1)Oc1nonc1N. The molecule has 0 amide bonds. The van der Waals surface area contributed by atoms with E-state index in [0.717, 1.165) is 5.69 Å². The Bertz CT molecular complexity index is 583. The fraction of sp³-hybridized carbons (Fsp3) is 0.273. The molecular weight excluding hydrogens is 266 g/mol. The molecule has 106 valence electrons. The zero-order valence-corrected chi connectivity index (χ0v) is 10.6. The molecule has 0 aliphatic carbocycles. The first-order chi connectivity index (χ1) is 9.56. The van der Waals surface area contributed by atoms with Crippen LogP contribution in [0.5, 0.6) is 5.88 Å². The lowest BCUT2D eigenvalue weighted by Crippen LogP contribution is -2.23. The van der Waals surface area contributed by atoms with Crippen LogP contribution in [0.15, 0.2) is 28.9 Å².